The molecular weight excluding hydrogens is 358 g/mol. The Morgan fingerprint density at radius 2 is 1.96 bits per heavy atom. The second-order valence-electron chi connectivity index (χ2n) is 6.41. The third kappa shape index (κ3) is 4.10. The monoisotopic (exact) mass is 377 g/mol. The first-order valence-electron chi connectivity index (χ1n) is 8.14. The number of nitrogens with one attached hydrogen (secondary N) is 2. The third-order valence-corrected chi connectivity index (χ3v) is 6.08. The van der Waals surface area contributed by atoms with Gasteiger partial charge in [-0.1, -0.05) is 6.07 Å². The molecule has 1 saturated heterocycles. The Balaban J connectivity index is 1.64. The summed E-state index contributed by atoms with van der Waals surface area (Å²) in [4.78, 5) is 36.4. The van der Waals surface area contributed by atoms with E-state index in [1.165, 1.54) is 13.0 Å². The van der Waals surface area contributed by atoms with Gasteiger partial charge in [-0.2, -0.15) is 0 Å². The van der Waals surface area contributed by atoms with Crippen molar-refractivity contribution < 1.29 is 22.8 Å². The van der Waals surface area contributed by atoms with E-state index in [0.717, 1.165) is 4.90 Å². The summed E-state index contributed by atoms with van der Waals surface area (Å²) in [6.45, 7) is 1.50. The number of anilines is 2. The number of carbonyl (C=O) groups excluding carboxylic acids is 3. The van der Waals surface area contributed by atoms with Gasteiger partial charge < -0.3 is 10.6 Å². The van der Waals surface area contributed by atoms with Crippen molar-refractivity contribution in [1.29, 1.82) is 0 Å². The topological polar surface area (TPSA) is 113 Å². The summed E-state index contributed by atoms with van der Waals surface area (Å²) in [6.07, 6.45) is 1.69. The fraction of sp³-hybridized carbons (Fsp3) is 0.353. The molecular formula is C17H19N3O5S. The van der Waals surface area contributed by atoms with Crippen molar-refractivity contribution in [2.24, 2.45) is 5.92 Å². The van der Waals surface area contributed by atoms with E-state index in [1.54, 1.807) is 24.3 Å². The molecule has 1 fully saturated rings. The van der Waals surface area contributed by atoms with Crippen molar-refractivity contribution in [2.45, 2.75) is 13.3 Å². The molecule has 2 heterocycles. The molecule has 138 valence electrons. The highest BCUT2D eigenvalue weighted by atomic mass is 32.2. The van der Waals surface area contributed by atoms with E-state index >= 15 is 0 Å². The number of carbonyl (C=O) groups is 3. The Morgan fingerprint density at radius 3 is 2.58 bits per heavy atom. The first-order valence-corrected chi connectivity index (χ1v) is 9.97. The predicted molar refractivity (Wildman–Crippen MR) is 95.9 cm³/mol. The summed E-state index contributed by atoms with van der Waals surface area (Å²) in [7, 11) is -3.12. The number of sulfone groups is 1. The molecule has 8 nitrogen and oxygen atoms in total. The molecule has 0 aliphatic carbocycles. The Hall–Kier alpha value is -2.68. The molecule has 0 aromatic heterocycles. The van der Waals surface area contributed by atoms with Crippen LogP contribution in [0.2, 0.25) is 0 Å². The average Bonchev–Trinajstić information content (AvgIpc) is 3.10. The van der Waals surface area contributed by atoms with Crippen LogP contribution in [0.15, 0.2) is 36.0 Å². The Morgan fingerprint density at radius 1 is 1.23 bits per heavy atom. The van der Waals surface area contributed by atoms with E-state index in [9.17, 15) is 22.8 Å². The summed E-state index contributed by atoms with van der Waals surface area (Å²) in [5.74, 6) is -1.62. The van der Waals surface area contributed by atoms with E-state index in [4.69, 9.17) is 0 Å². The Labute approximate surface area is 151 Å². The quantitative estimate of drug-likeness (QED) is 0.800. The van der Waals surface area contributed by atoms with Gasteiger partial charge in [0, 0.05) is 30.1 Å². The third-order valence-electron chi connectivity index (χ3n) is 4.31. The van der Waals surface area contributed by atoms with Crippen LogP contribution >= 0.6 is 0 Å². The first kappa shape index (κ1) is 18.1. The molecule has 2 aliphatic rings. The molecule has 9 heteroatoms. The molecule has 1 atom stereocenters. The largest absolute Gasteiger partial charge is 0.357 e. The number of hydrogen-bond acceptors (Lipinski definition) is 6. The van der Waals surface area contributed by atoms with Gasteiger partial charge in [-0.3, -0.25) is 19.3 Å². The standard InChI is InChI=1S/C17H19N3O5S/c1-11(21)20-9-15(8-16(20)22)18-13-3-2-4-14(7-13)19-17(23)12-5-6-26(24,25)10-12/h2-4,7-8,12,18H,5-6,9-10H2,1H3,(H,19,23). The molecule has 3 rings (SSSR count). The van der Waals surface area contributed by atoms with E-state index in [2.05, 4.69) is 10.6 Å². The minimum absolute atomic E-state index is 0.0432. The minimum atomic E-state index is -3.12. The normalized spacial score (nSPS) is 21.4. The number of hydrogen-bond donors (Lipinski definition) is 2. The fourth-order valence-electron chi connectivity index (χ4n) is 2.97. The van der Waals surface area contributed by atoms with Crippen LogP contribution in [0.3, 0.4) is 0 Å². The zero-order valence-electron chi connectivity index (χ0n) is 14.2. The molecule has 3 amide bonds. The molecule has 1 unspecified atom stereocenters. The van der Waals surface area contributed by atoms with Crippen LogP contribution in [0.25, 0.3) is 0 Å². The second kappa shape index (κ2) is 6.91. The molecule has 2 aliphatic heterocycles. The van der Waals surface area contributed by atoms with E-state index < -0.39 is 15.8 Å². The van der Waals surface area contributed by atoms with Gasteiger partial charge in [0.2, 0.25) is 11.8 Å². The number of nitrogens with zero attached hydrogens (tertiary/aromatic N) is 1. The minimum Gasteiger partial charge on any atom is -0.357 e. The predicted octanol–water partition coefficient (Wildman–Crippen LogP) is 0.744. The molecule has 0 saturated carbocycles. The maximum absolute atomic E-state index is 12.2. The average molecular weight is 377 g/mol. The van der Waals surface area contributed by atoms with Crippen molar-refractivity contribution in [1.82, 2.24) is 4.90 Å². The number of amides is 3. The maximum Gasteiger partial charge on any atom is 0.255 e. The highest BCUT2D eigenvalue weighted by Gasteiger charge is 2.33. The van der Waals surface area contributed by atoms with Crippen molar-refractivity contribution in [3.8, 4) is 0 Å². The SMILES string of the molecule is CC(=O)N1CC(Nc2cccc(NC(=O)C3CCS(=O)(=O)C3)c2)=CC1=O. The second-order valence-corrected chi connectivity index (χ2v) is 8.64. The maximum atomic E-state index is 12.2. The first-order chi connectivity index (χ1) is 12.2. The van der Waals surface area contributed by atoms with E-state index in [-0.39, 0.29) is 35.8 Å². The van der Waals surface area contributed by atoms with Crippen LogP contribution < -0.4 is 10.6 Å². The molecule has 1 aromatic rings. The van der Waals surface area contributed by atoms with E-state index in [0.29, 0.717) is 23.5 Å². The lowest BCUT2D eigenvalue weighted by Crippen LogP contribution is -2.31. The zero-order chi connectivity index (χ0) is 18.9. The van der Waals surface area contributed by atoms with E-state index in [1.807, 2.05) is 0 Å². The summed E-state index contributed by atoms with van der Waals surface area (Å²) < 4.78 is 23.0. The van der Waals surface area contributed by atoms with Gasteiger partial charge in [-0.15, -0.1) is 0 Å². The van der Waals surface area contributed by atoms with Crippen molar-refractivity contribution >= 4 is 38.9 Å². The Kier molecular flexibility index (Phi) is 4.82. The number of imide groups is 1. The van der Waals surface area contributed by atoms with Gasteiger partial charge in [0.25, 0.3) is 5.91 Å². The van der Waals surface area contributed by atoms with Crippen LogP contribution in [0.5, 0.6) is 0 Å². The molecule has 26 heavy (non-hydrogen) atoms. The Bertz CT molecular complexity index is 907. The van der Waals surface area contributed by atoms with Crippen molar-refractivity contribution in [3.05, 3.63) is 36.0 Å². The van der Waals surface area contributed by atoms with Crippen LogP contribution in [-0.4, -0.2) is 49.1 Å². The number of rotatable bonds is 4. The zero-order valence-corrected chi connectivity index (χ0v) is 15.0. The van der Waals surface area contributed by atoms with Crippen LogP contribution in [0, 0.1) is 5.92 Å². The van der Waals surface area contributed by atoms with Crippen molar-refractivity contribution in [3.63, 3.8) is 0 Å². The van der Waals surface area contributed by atoms with Crippen molar-refractivity contribution in [2.75, 3.05) is 28.7 Å². The summed E-state index contributed by atoms with van der Waals surface area (Å²) in [6, 6.07) is 6.87. The van der Waals surface area contributed by atoms with Crippen LogP contribution in [0.1, 0.15) is 13.3 Å². The number of benzene rings is 1. The fourth-order valence-corrected chi connectivity index (χ4v) is 4.71. The van der Waals surface area contributed by atoms with Gasteiger partial charge in [0.15, 0.2) is 9.84 Å². The smallest absolute Gasteiger partial charge is 0.255 e. The highest BCUT2D eigenvalue weighted by molar-refractivity contribution is 7.91. The van der Waals surface area contributed by atoms with Gasteiger partial charge in [-0.05, 0) is 24.6 Å². The molecule has 0 bridgehead atoms. The molecule has 1 aromatic carbocycles. The van der Waals surface area contributed by atoms with Crippen LogP contribution in [0.4, 0.5) is 11.4 Å². The summed E-state index contributed by atoms with van der Waals surface area (Å²) >= 11 is 0. The van der Waals surface area contributed by atoms with Gasteiger partial charge >= 0.3 is 0 Å². The van der Waals surface area contributed by atoms with Gasteiger partial charge in [0.1, 0.15) is 0 Å². The summed E-state index contributed by atoms with van der Waals surface area (Å²) in [5.41, 5.74) is 1.75. The summed E-state index contributed by atoms with van der Waals surface area (Å²) in [5, 5.41) is 5.78. The molecule has 0 radical (unpaired) electrons. The lowest BCUT2D eigenvalue weighted by molar-refractivity contribution is -0.138. The highest BCUT2D eigenvalue weighted by Crippen LogP contribution is 2.23. The lowest BCUT2D eigenvalue weighted by atomic mass is 10.1. The molecule has 2 N–H and O–H groups in total. The molecule has 0 spiro atoms. The van der Waals surface area contributed by atoms with Gasteiger partial charge in [-0.25, -0.2) is 8.42 Å². The van der Waals surface area contributed by atoms with Crippen LogP contribution in [-0.2, 0) is 24.2 Å². The van der Waals surface area contributed by atoms with Gasteiger partial charge in [0.05, 0.1) is 24.0 Å². The lowest BCUT2D eigenvalue weighted by Gasteiger charge is -2.14.